The molecule has 0 bridgehead atoms. The normalized spacial score (nSPS) is 27.2. The molecule has 1 unspecified atom stereocenters. The average Bonchev–Trinajstić information content (AvgIpc) is 2.60. The summed E-state index contributed by atoms with van der Waals surface area (Å²) in [6, 6.07) is 0. The maximum atomic E-state index is 12.0. The van der Waals surface area contributed by atoms with Gasteiger partial charge in [0.25, 0.3) is 0 Å². The Kier molecular flexibility index (Phi) is 4.45. The van der Waals surface area contributed by atoms with E-state index < -0.39 is 5.60 Å². The molecule has 1 heterocycles. The van der Waals surface area contributed by atoms with Gasteiger partial charge in [0.2, 0.25) is 11.8 Å². The largest absolute Gasteiger partial charge is 0.388 e. The summed E-state index contributed by atoms with van der Waals surface area (Å²) < 4.78 is 0. The summed E-state index contributed by atoms with van der Waals surface area (Å²) in [5.41, 5.74) is -0.749. The van der Waals surface area contributed by atoms with Crippen LogP contribution in [0.4, 0.5) is 0 Å². The summed E-state index contributed by atoms with van der Waals surface area (Å²) in [6.45, 7) is 0.809. The third kappa shape index (κ3) is 3.69. The number of carbonyl (C=O) groups is 2. The Hall–Kier alpha value is -1.10. The van der Waals surface area contributed by atoms with E-state index >= 15 is 0 Å². The van der Waals surface area contributed by atoms with Gasteiger partial charge in [-0.25, -0.2) is 0 Å². The van der Waals surface area contributed by atoms with E-state index in [1.54, 1.807) is 11.9 Å². The zero-order valence-electron chi connectivity index (χ0n) is 11.7. The minimum absolute atomic E-state index is 0.0216. The second-order valence-electron chi connectivity index (χ2n) is 6.03. The lowest BCUT2D eigenvalue weighted by atomic mass is 9.94. The summed E-state index contributed by atoms with van der Waals surface area (Å²) in [6.07, 6.45) is 6.19. The Morgan fingerprint density at radius 2 is 2.00 bits per heavy atom. The zero-order chi connectivity index (χ0) is 13.9. The number of aliphatic hydroxyl groups is 1. The van der Waals surface area contributed by atoms with Gasteiger partial charge in [0.15, 0.2) is 0 Å². The highest BCUT2D eigenvalue weighted by atomic mass is 16.3. The van der Waals surface area contributed by atoms with Crippen LogP contribution in [0, 0.1) is 5.92 Å². The minimum Gasteiger partial charge on any atom is -0.388 e. The standard InChI is InChI=1S/C14H24N2O3/c1-16-9-11(8-12(16)17)13(18)15-10-14(19)6-4-2-3-5-7-14/h11,19H,2-10H2,1H3,(H,15,18). The molecule has 19 heavy (non-hydrogen) atoms. The highest BCUT2D eigenvalue weighted by Crippen LogP contribution is 2.26. The minimum atomic E-state index is -0.749. The second-order valence-corrected chi connectivity index (χ2v) is 6.03. The van der Waals surface area contributed by atoms with Crippen LogP contribution >= 0.6 is 0 Å². The molecule has 2 fully saturated rings. The van der Waals surface area contributed by atoms with Gasteiger partial charge in [-0.05, 0) is 12.8 Å². The van der Waals surface area contributed by atoms with Crippen molar-refractivity contribution < 1.29 is 14.7 Å². The number of rotatable bonds is 3. The number of nitrogens with zero attached hydrogens (tertiary/aromatic N) is 1. The lowest BCUT2D eigenvalue weighted by Gasteiger charge is -2.27. The predicted octanol–water partition coefficient (Wildman–Crippen LogP) is 0.666. The molecule has 0 aromatic rings. The second kappa shape index (κ2) is 5.90. The van der Waals surface area contributed by atoms with Gasteiger partial charge in [0.1, 0.15) is 0 Å². The number of likely N-dealkylation sites (tertiary alicyclic amines) is 1. The van der Waals surface area contributed by atoms with Crippen LogP contribution < -0.4 is 5.32 Å². The molecule has 1 saturated heterocycles. The molecule has 5 heteroatoms. The van der Waals surface area contributed by atoms with E-state index in [0.717, 1.165) is 38.5 Å². The highest BCUT2D eigenvalue weighted by molar-refractivity contribution is 5.89. The summed E-state index contributed by atoms with van der Waals surface area (Å²) in [4.78, 5) is 25.0. The van der Waals surface area contributed by atoms with Crippen LogP contribution in [0.1, 0.15) is 44.9 Å². The van der Waals surface area contributed by atoms with E-state index in [1.807, 2.05) is 0 Å². The van der Waals surface area contributed by atoms with Crippen LogP contribution in [0.25, 0.3) is 0 Å². The highest BCUT2D eigenvalue weighted by Gasteiger charge is 2.34. The van der Waals surface area contributed by atoms with Gasteiger partial charge in [-0.1, -0.05) is 25.7 Å². The van der Waals surface area contributed by atoms with Crippen molar-refractivity contribution in [3.8, 4) is 0 Å². The van der Waals surface area contributed by atoms with Crippen LogP contribution in [0.3, 0.4) is 0 Å². The first-order valence-corrected chi connectivity index (χ1v) is 7.24. The van der Waals surface area contributed by atoms with Crippen molar-refractivity contribution in [1.29, 1.82) is 0 Å². The molecule has 2 amide bonds. The van der Waals surface area contributed by atoms with Gasteiger partial charge in [-0.2, -0.15) is 0 Å². The van der Waals surface area contributed by atoms with E-state index in [0.29, 0.717) is 19.5 Å². The number of hydrogen-bond donors (Lipinski definition) is 2. The SMILES string of the molecule is CN1CC(C(=O)NCC2(O)CCCCCC2)CC1=O. The van der Waals surface area contributed by atoms with Gasteiger partial charge in [-0.3, -0.25) is 9.59 Å². The molecule has 2 rings (SSSR count). The van der Waals surface area contributed by atoms with E-state index in [-0.39, 0.29) is 17.7 Å². The van der Waals surface area contributed by atoms with Gasteiger partial charge in [-0.15, -0.1) is 0 Å². The van der Waals surface area contributed by atoms with E-state index in [9.17, 15) is 14.7 Å². The molecule has 2 N–H and O–H groups in total. The third-order valence-electron chi connectivity index (χ3n) is 4.34. The first kappa shape index (κ1) is 14.3. The molecule has 0 aromatic heterocycles. The van der Waals surface area contributed by atoms with E-state index in [1.165, 1.54) is 0 Å². The van der Waals surface area contributed by atoms with Crippen molar-refractivity contribution in [2.75, 3.05) is 20.1 Å². The van der Waals surface area contributed by atoms with Crippen molar-refractivity contribution in [1.82, 2.24) is 10.2 Å². The summed E-state index contributed by atoms with van der Waals surface area (Å²) in [7, 11) is 1.72. The Balaban J connectivity index is 1.81. The average molecular weight is 268 g/mol. The molecular weight excluding hydrogens is 244 g/mol. The first-order valence-electron chi connectivity index (χ1n) is 7.24. The number of hydrogen-bond acceptors (Lipinski definition) is 3. The number of amides is 2. The van der Waals surface area contributed by atoms with Crippen LogP contribution in [-0.4, -0.2) is 47.6 Å². The Bertz CT molecular complexity index is 349. The maximum Gasteiger partial charge on any atom is 0.225 e. The van der Waals surface area contributed by atoms with E-state index in [4.69, 9.17) is 0 Å². The van der Waals surface area contributed by atoms with Crippen molar-refractivity contribution >= 4 is 11.8 Å². The summed E-state index contributed by atoms with van der Waals surface area (Å²) in [5, 5.41) is 13.3. The fraction of sp³-hybridized carbons (Fsp3) is 0.857. The Morgan fingerprint density at radius 3 is 2.53 bits per heavy atom. The molecule has 0 spiro atoms. The summed E-state index contributed by atoms with van der Waals surface area (Å²) in [5.74, 6) is -0.337. The maximum absolute atomic E-state index is 12.0. The number of nitrogens with one attached hydrogen (secondary N) is 1. The van der Waals surface area contributed by atoms with Crippen molar-refractivity contribution in [3.05, 3.63) is 0 Å². The van der Waals surface area contributed by atoms with Gasteiger partial charge >= 0.3 is 0 Å². The lowest BCUT2D eigenvalue weighted by Crippen LogP contribution is -2.44. The fourth-order valence-corrected chi connectivity index (χ4v) is 3.00. The quantitative estimate of drug-likeness (QED) is 0.739. The predicted molar refractivity (Wildman–Crippen MR) is 71.4 cm³/mol. The van der Waals surface area contributed by atoms with Crippen molar-refractivity contribution in [3.63, 3.8) is 0 Å². The number of carbonyl (C=O) groups excluding carboxylic acids is 2. The Morgan fingerprint density at radius 1 is 1.37 bits per heavy atom. The van der Waals surface area contributed by atoms with Gasteiger partial charge in [0, 0.05) is 26.6 Å². The Labute approximate surface area is 114 Å². The molecule has 108 valence electrons. The van der Waals surface area contributed by atoms with Crippen LogP contribution in [0.5, 0.6) is 0 Å². The van der Waals surface area contributed by atoms with Gasteiger partial charge < -0.3 is 15.3 Å². The molecule has 0 aromatic carbocycles. The fourth-order valence-electron chi connectivity index (χ4n) is 3.00. The molecular formula is C14H24N2O3. The smallest absolute Gasteiger partial charge is 0.225 e. The molecule has 1 aliphatic heterocycles. The molecule has 2 aliphatic rings. The lowest BCUT2D eigenvalue weighted by molar-refractivity contribution is -0.128. The monoisotopic (exact) mass is 268 g/mol. The van der Waals surface area contributed by atoms with Gasteiger partial charge in [0.05, 0.1) is 11.5 Å². The first-order chi connectivity index (χ1) is 9.00. The zero-order valence-corrected chi connectivity index (χ0v) is 11.7. The van der Waals surface area contributed by atoms with E-state index in [2.05, 4.69) is 5.32 Å². The molecule has 1 saturated carbocycles. The molecule has 5 nitrogen and oxygen atoms in total. The van der Waals surface area contributed by atoms with Crippen LogP contribution in [0.15, 0.2) is 0 Å². The molecule has 1 aliphatic carbocycles. The van der Waals surface area contributed by atoms with Crippen LogP contribution in [-0.2, 0) is 9.59 Å². The van der Waals surface area contributed by atoms with Crippen molar-refractivity contribution in [2.45, 2.75) is 50.5 Å². The topological polar surface area (TPSA) is 69.6 Å². The molecule has 1 atom stereocenters. The third-order valence-corrected chi connectivity index (χ3v) is 4.34. The summed E-state index contributed by atoms with van der Waals surface area (Å²) >= 11 is 0. The molecule has 0 radical (unpaired) electrons. The van der Waals surface area contributed by atoms with Crippen LogP contribution in [0.2, 0.25) is 0 Å². The van der Waals surface area contributed by atoms with Crippen molar-refractivity contribution in [2.24, 2.45) is 5.92 Å².